The minimum atomic E-state index is -4.03. The zero-order chi connectivity index (χ0) is 24.3. The van der Waals surface area contributed by atoms with Gasteiger partial charge in [0.05, 0.1) is 22.1 Å². The number of hydrogen-bond donors (Lipinski definition) is 2. The first-order chi connectivity index (χ1) is 16.2. The number of nitrogens with zero attached hydrogens (tertiary/aromatic N) is 4. The fraction of sp³-hybridized carbons (Fsp3) is 0.130. The number of sulfonamides is 1. The first-order valence-corrected chi connectivity index (χ1v) is 11.8. The molecule has 0 aliphatic heterocycles. The average molecular weight is 479 g/mol. The van der Waals surface area contributed by atoms with E-state index in [9.17, 15) is 18.5 Å². The molecule has 0 unspecified atom stereocenters. The number of benzene rings is 3. The number of hydrogen-bond acceptors (Lipinski definition) is 7. The fourth-order valence-corrected chi connectivity index (χ4v) is 4.62. The molecule has 0 saturated heterocycles. The van der Waals surface area contributed by atoms with Crippen LogP contribution in [0.2, 0.25) is 0 Å². The smallest absolute Gasteiger partial charge is 0.294 e. The molecule has 0 bridgehead atoms. The van der Waals surface area contributed by atoms with Crippen molar-refractivity contribution >= 4 is 32.8 Å². The van der Waals surface area contributed by atoms with Gasteiger partial charge in [0.25, 0.3) is 15.7 Å². The quantitative estimate of drug-likeness (QED) is 0.283. The third-order valence-corrected chi connectivity index (χ3v) is 6.48. The number of anilines is 3. The number of nitrogens with one attached hydrogen (secondary N) is 2. The number of aromatic nitrogens is 3. The Morgan fingerprint density at radius 2 is 1.82 bits per heavy atom. The molecule has 0 amide bonds. The molecule has 11 heteroatoms. The highest BCUT2D eigenvalue weighted by Gasteiger charge is 2.22. The van der Waals surface area contributed by atoms with E-state index < -0.39 is 14.9 Å². The lowest BCUT2D eigenvalue weighted by atomic mass is 10.1. The second-order valence-corrected chi connectivity index (χ2v) is 9.46. The van der Waals surface area contributed by atoms with Gasteiger partial charge in [-0.25, -0.2) is 18.1 Å². The maximum Gasteiger partial charge on any atom is 0.294 e. The van der Waals surface area contributed by atoms with Crippen molar-refractivity contribution < 1.29 is 13.3 Å². The van der Waals surface area contributed by atoms with Crippen molar-refractivity contribution in [2.45, 2.75) is 25.3 Å². The maximum absolute atomic E-state index is 12.9. The summed E-state index contributed by atoms with van der Waals surface area (Å²) in [5.41, 5.74) is 3.51. The van der Waals surface area contributed by atoms with Crippen LogP contribution in [-0.4, -0.2) is 28.1 Å². The Hall–Kier alpha value is -4.25. The monoisotopic (exact) mass is 478 g/mol. The van der Waals surface area contributed by atoms with Crippen LogP contribution in [0, 0.1) is 24.0 Å². The molecule has 0 atom stereocenters. The highest BCUT2D eigenvalue weighted by Crippen LogP contribution is 2.31. The molecule has 0 aliphatic carbocycles. The molecule has 3 aromatic carbocycles. The summed E-state index contributed by atoms with van der Waals surface area (Å²) in [6.45, 7) is 4.18. The van der Waals surface area contributed by atoms with Crippen LogP contribution in [0.3, 0.4) is 0 Å². The van der Waals surface area contributed by atoms with Gasteiger partial charge in [-0.15, -0.1) is 0 Å². The third-order valence-electron chi connectivity index (χ3n) is 5.12. The SMILES string of the molecule is Cc1ccc(NS(=O)(=O)c2ccc(Nc3cccc(Cn4cncn4)c3)c([N+](=O)[O-])c2)c(C)c1. The molecule has 1 heterocycles. The van der Waals surface area contributed by atoms with Crippen LogP contribution in [0.25, 0.3) is 0 Å². The van der Waals surface area contributed by atoms with Crippen molar-refractivity contribution in [3.8, 4) is 0 Å². The molecule has 0 spiro atoms. The van der Waals surface area contributed by atoms with Crippen LogP contribution in [-0.2, 0) is 16.6 Å². The molecule has 174 valence electrons. The van der Waals surface area contributed by atoms with E-state index in [1.165, 1.54) is 18.5 Å². The van der Waals surface area contributed by atoms with Gasteiger partial charge in [-0.2, -0.15) is 5.10 Å². The van der Waals surface area contributed by atoms with E-state index in [4.69, 9.17) is 0 Å². The van der Waals surface area contributed by atoms with Gasteiger partial charge in [0.2, 0.25) is 0 Å². The Kier molecular flexibility index (Phi) is 6.28. The first kappa shape index (κ1) is 22.9. The molecule has 0 saturated carbocycles. The number of nitro benzene ring substituents is 1. The molecule has 1 aromatic heterocycles. The summed E-state index contributed by atoms with van der Waals surface area (Å²) in [6, 6.07) is 16.4. The lowest BCUT2D eigenvalue weighted by molar-refractivity contribution is -0.384. The topological polar surface area (TPSA) is 132 Å². The summed E-state index contributed by atoms with van der Waals surface area (Å²) >= 11 is 0. The summed E-state index contributed by atoms with van der Waals surface area (Å²) in [5, 5.41) is 18.8. The van der Waals surface area contributed by atoms with E-state index in [-0.39, 0.29) is 16.3 Å². The highest BCUT2D eigenvalue weighted by molar-refractivity contribution is 7.92. The van der Waals surface area contributed by atoms with Crippen molar-refractivity contribution in [1.82, 2.24) is 14.8 Å². The van der Waals surface area contributed by atoms with Crippen molar-refractivity contribution in [2.75, 3.05) is 10.0 Å². The van der Waals surface area contributed by atoms with E-state index in [1.54, 1.807) is 36.1 Å². The molecule has 0 aliphatic rings. The molecule has 0 radical (unpaired) electrons. The zero-order valence-electron chi connectivity index (χ0n) is 18.5. The second-order valence-electron chi connectivity index (χ2n) is 7.78. The van der Waals surface area contributed by atoms with Crippen LogP contribution < -0.4 is 10.0 Å². The van der Waals surface area contributed by atoms with Crippen molar-refractivity contribution in [3.05, 3.63) is 100 Å². The lowest BCUT2D eigenvalue weighted by Crippen LogP contribution is -2.14. The van der Waals surface area contributed by atoms with E-state index >= 15 is 0 Å². The Balaban J connectivity index is 1.60. The number of rotatable bonds is 8. The lowest BCUT2D eigenvalue weighted by Gasteiger charge is -2.13. The second kappa shape index (κ2) is 9.32. The zero-order valence-corrected chi connectivity index (χ0v) is 19.3. The number of aryl methyl sites for hydroxylation is 2. The van der Waals surface area contributed by atoms with Gasteiger partial charge in [0.1, 0.15) is 18.3 Å². The molecular formula is C23H22N6O4S. The molecule has 4 rings (SSSR count). The Labute approximate surface area is 196 Å². The van der Waals surface area contributed by atoms with Gasteiger partial charge in [-0.3, -0.25) is 14.8 Å². The predicted molar refractivity (Wildman–Crippen MR) is 129 cm³/mol. The van der Waals surface area contributed by atoms with Crippen molar-refractivity contribution in [1.29, 1.82) is 0 Å². The summed E-state index contributed by atoms with van der Waals surface area (Å²) in [7, 11) is -4.03. The van der Waals surface area contributed by atoms with Gasteiger partial charge in [-0.05, 0) is 55.3 Å². The minimum Gasteiger partial charge on any atom is -0.350 e. The van der Waals surface area contributed by atoms with E-state index in [2.05, 4.69) is 20.1 Å². The molecule has 34 heavy (non-hydrogen) atoms. The summed E-state index contributed by atoms with van der Waals surface area (Å²) in [4.78, 5) is 14.8. The number of nitro groups is 1. The van der Waals surface area contributed by atoms with Gasteiger partial charge in [0.15, 0.2) is 0 Å². The summed E-state index contributed by atoms with van der Waals surface area (Å²) in [5.74, 6) is 0. The van der Waals surface area contributed by atoms with Crippen molar-refractivity contribution in [3.63, 3.8) is 0 Å². The van der Waals surface area contributed by atoms with Gasteiger partial charge < -0.3 is 5.32 Å². The molecular weight excluding hydrogens is 456 g/mol. The molecule has 0 fully saturated rings. The largest absolute Gasteiger partial charge is 0.350 e. The van der Waals surface area contributed by atoms with Gasteiger partial charge in [0, 0.05) is 11.8 Å². The summed E-state index contributed by atoms with van der Waals surface area (Å²) in [6.07, 6.45) is 3.03. The van der Waals surface area contributed by atoms with Gasteiger partial charge >= 0.3 is 0 Å². The van der Waals surface area contributed by atoms with E-state index in [1.807, 2.05) is 31.2 Å². The Bertz CT molecular complexity index is 1450. The third kappa shape index (κ3) is 5.21. The van der Waals surface area contributed by atoms with Crippen LogP contribution in [0.1, 0.15) is 16.7 Å². The van der Waals surface area contributed by atoms with Crippen LogP contribution in [0.4, 0.5) is 22.7 Å². The molecule has 10 nitrogen and oxygen atoms in total. The minimum absolute atomic E-state index is 0.174. The van der Waals surface area contributed by atoms with Crippen LogP contribution in [0.5, 0.6) is 0 Å². The van der Waals surface area contributed by atoms with Gasteiger partial charge in [-0.1, -0.05) is 29.8 Å². The standard InChI is InChI=1S/C23H22N6O4S/c1-16-6-8-21(17(2)10-16)27-34(32,33)20-7-9-22(23(12-20)29(30)31)26-19-5-3-4-18(11-19)13-28-15-24-14-25-28/h3-12,14-15,26-27H,13H2,1-2H3. The fourth-order valence-electron chi connectivity index (χ4n) is 3.47. The maximum atomic E-state index is 12.9. The van der Waals surface area contributed by atoms with Crippen LogP contribution >= 0.6 is 0 Å². The van der Waals surface area contributed by atoms with E-state index in [0.29, 0.717) is 17.9 Å². The van der Waals surface area contributed by atoms with Crippen molar-refractivity contribution in [2.24, 2.45) is 0 Å². The Morgan fingerprint density at radius 3 is 2.53 bits per heavy atom. The van der Waals surface area contributed by atoms with Crippen LogP contribution in [0.15, 0.2) is 78.2 Å². The highest BCUT2D eigenvalue weighted by atomic mass is 32.2. The average Bonchev–Trinajstić information content (AvgIpc) is 3.29. The first-order valence-electron chi connectivity index (χ1n) is 10.3. The predicted octanol–water partition coefficient (Wildman–Crippen LogP) is 4.40. The molecule has 4 aromatic rings. The normalized spacial score (nSPS) is 11.2. The Morgan fingerprint density at radius 1 is 1.03 bits per heavy atom. The van der Waals surface area contributed by atoms with E-state index in [0.717, 1.165) is 22.8 Å². The molecule has 2 N–H and O–H groups in total. The summed E-state index contributed by atoms with van der Waals surface area (Å²) < 4.78 is 30.0.